The minimum atomic E-state index is 0.160. The summed E-state index contributed by atoms with van der Waals surface area (Å²) in [6.07, 6.45) is 1.39. The maximum Gasteiger partial charge on any atom is 0.132 e. The number of Topliss-reactive ketones (excluding diaryl/α,β-unsaturated/α-hetero) is 1. The van der Waals surface area contributed by atoms with Crippen LogP contribution in [-0.2, 0) is 14.3 Å². The molecule has 0 radical (unpaired) electrons. The van der Waals surface area contributed by atoms with Crippen LogP contribution in [0.15, 0.2) is 12.2 Å². The summed E-state index contributed by atoms with van der Waals surface area (Å²) in [5.74, 6) is 0.160. The number of hydrogen-bond acceptors (Lipinski definition) is 3. The minimum absolute atomic E-state index is 0.160. The fourth-order valence-corrected chi connectivity index (χ4v) is 0.784. The van der Waals surface area contributed by atoms with Gasteiger partial charge in [-0.3, -0.25) is 4.79 Å². The van der Waals surface area contributed by atoms with E-state index in [0.29, 0.717) is 32.8 Å². The molecule has 3 nitrogen and oxygen atoms in total. The molecule has 0 aromatic carbocycles. The second-order valence-corrected chi connectivity index (χ2v) is 3.38. The molecule has 0 amide bonds. The van der Waals surface area contributed by atoms with Crippen LogP contribution in [-0.4, -0.2) is 32.2 Å². The highest BCUT2D eigenvalue weighted by molar-refractivity contribution is 5.75. The van der Waals surface area contributed by atoms with Crippen LogP contribution >= 0.6 is 0 Å². The molecule has 0 heterocycles. The van der Waals surface area contributed by atoms with Gasteiger partial charge in [0.15, 0.2) is 0 Å². The summed E-state index contributed by atoms with van der Waals surface area (Å²) in [7, 11) is 0. The molecule has 0 aliphatic rings. The molecule has 0 bridgehead atoms. The minimum Gasteiger partial charge on any atom is -0.379 e. The summed E-state index contributed by atoms with van der Waals surface area (Å²) in [6, 6.07) is 0. The van der Waals surface area contributed by atoms with E-state index in [1.807, 2.05) is 6.92 Å². The fraction of sp³-hybridized carbons (Fsp3) is 0.727. The standard InChI is InChI=1S/C11H20O3/c1-10(2)4-6-13-8-9-14-7-5-11(3)12/h1,4-9H2,2-3H3. The van der Waals surface area contributed by atoms with Crippen molar-refractivity contribution in [3.63, 3.8) is 0 Å². The maximum atomic E-state index is 10.5. The van der Waals surface area contributed by atoms with E-state index in [1.54, 1.807) is 6.92 Å². The summed E-state index contributed by atoms with van der Waals surface area (Å²) < 4.78 is 10.5. The first-order chi connectivity index (χ1) is 6.63. The Morgan fingerprint density at radius 1 is 1.00 bits per heavy atom. The molecule has 14 heavy (non-hydrogen) atoms. The molecule has 0 fully saturated rings. The Labute approximate surface area is 86.1 Å². The van der Waals surface area contributed by atoms with Gasteiger partial charge in [-0.25, -0.2) is 0 Å². The van der Waals surface area contributed by atoms with Crippen molar-refractivity contribution in [2.75, 3.05) is 26.4 Å². The SMILES string of the molecule is C=C(C)CCOCCOCCC(C)=O. The van der Waals surface area contributed by atoms with Gasteiger partial charge < -0.3 is 9.47 Å². The number of hydrogen-bond donors (Lipinski definition) is 0. The first-order valence-electron chi connectivity index (χ1n) is 4.92. The third-order valence-corrected chi connectivity index (χ3v) is 1.64. The molecule has 0 aromatic heterocycles. The zero-order valence-corrected chi connectivity index (χ0v) is 9.17. The number of ether oxygens (including phenoxy) is 2. The van der Waals surface area contributed by atoms with Gasteiger partial charge in [0.25, 0.3) is 0 Å². The lowest BCUT2D eigenvalue weighted by Crippen LogP contribution is -2.07. The molecule has 0 aliphatic heterocycles. The van der Waals surface area contributed by atoms with Gasteiger partial charge in [0, 0.05) is 6.42 Å². The highest BCUT2D eigenvalue weighted by atomic mass is 16.5. The van der Waals surface area contributed by atoms with Crippen molar-refractivity contribution in [3.8, 4) is 0 Å². The quantitative estimate of drug-likeness (QED) is 0.421. The first-order valence-corrected chi connectivity index (χ1v) is 4.92. The van der Waals surface area contributed by atoms with Crippen LogP contribution in [0.2, 0.25) is 0 Å². The van der Waals surface area contributed by atoms with Gasteiger partial charge in [-0.05, 0) is 20.3 Å². The summed E-state index contributed by atoms with van der Waals surface area (Å²) in [6.45, 7) is 9.66. The third-order valence-electron chi connectivity index (χ3n) is 1.64. The van der Waals surface area contributed by atoms with Crippen molar-refractivity contribution in [1.29, 1.82) is 0 Å². The van der Waals surface area contributed by atoms with Crippen molar-refractivity contribution in [3.05, 3.63) is 12.2 Å². The molecule has 3 heteroatoms. The molecule has 0 aromatic rings. The Kier molecular flexibility index (Phi) is 8.48. The van der Waals surface area contributed by atoms with Crippen molar-refractivity contribution in [1.82, 2.24) is 0 Å². The number of ketones is 1. The predicted octanol–water partition coefficient (Wildman–Crippen LogP) is 1.96. The van der Waals surface area contributed by atoms with Crippen LogP contribution in [0.1, 0.15) is 26.7 Å². The van der Waals surface area contributed by atoms with Crippen LogP contribution in [0.5, 0.6) is 0 Å². The highest BCUT2D eigenvalue weighted by Gasteiger charge is 1.93. The van der Waals surface area contributed by atoms with Crippen molar-refractivity contribution in [2.45, 2.75) is 26.7 Å². The Balaban J connectivity index is 2.99. The van der Waals surface area contributed by atoms with Gasteiger partial charge in [-0.2, -0.15) is 0 Å². The number of rotatable bonds is 9. The van der Waals surface area contributed by atoms with Gasteiger partial charge in [0.05, 0.1) is 26.4 Å². The first kappa shape index (κ1) is 13.3. The van der Waals surface area contributed by atoms with Crippen LogP contribution in [0.4, 0.5) is 0 Å². The lowest BCUT2D eigenvalue weighted by atomic mass is 10.3. The number of carbonyl (C=O) groups excluding carboxylic acids is 1. The monoisotopic (exact) mass is 200 g/mol. The van der Waals surface area contributed by atoms with E-state index in [9.17, 15) is 4.79 Å². The molecule has 0 aliphatic carbocycles. The van der Waals surface area contributed by atoms with E-state index in [0.717, 1.165) is 12.0 Å². The fourth-order valence-electron chi connectivity index (χ4n) is 0.784. The van der Waals surface area contributed by atoms with E-state index in [1.165, 1.54) is 0 Å². The van der Waals surface area contributed by atoms with Gasteiger partial charge in [0.1, 0.15) is 5.78 Å². The average Bonchev–Trinajstić information content (AvgIpc) is 2.08. The average molecular weight is 200 g/mol. The van der Waals surface area contributed by atoms with Crippen LogP contribution in [0, 0.1) is 0 Å². The van der Waals surface area contributed by atoms with Crippen molar-refractivity contribution >= 4 is 5.78 Å². The molecule has 0 rings (SSSR count). The molecule has 0 saturated carbocycles. The third kappa shape index (κ3) is 11.3. The Hall–Kier alpha value is -0.670. The molecule has 0 spiro atoms. The second-order valence-electron chi connectivity index (χ2n) is 3.38. The summed E-state index contributed by atoms with van der Waals surface area (Å²) >= 11 is 0. The maximum absolute atomic E-state index is 10.5. The highest BCUT2D eigenvalue weighted by Crippen LogP contribution is 1.94. The van der Waals surface area contributed by atoms with Crippen LogP contribution < -0.4 is 0 Å². The summed E-state index contributed by atoms with van der Waals surface area (Å²) in [5, 5.41) is 0. The Bertz CT molecular complexity index is 155. The largest absolute Gasteiger partial charge is 0.379 e. The van der Waals surface area contributed by atoms with Crippen molar-refractivity contribution in [2.24, 2.45) is 0 Å². The van der Waals surface area contributed by atoms with E-state index in [-0.39, 0.29) is 5.78 Å². The summed E-state index contributed by atoms with van der Waals surface area (Å²) in [4.78, 5) is 10.5. The topological polar surface area (TPSA) is 35.5 Å². The Morgan fingerprint density at radius 2 is 1.50 bits per heavy atom. The van der Waals surface area contributed by atoms with E-state index >= 15 is 0 Å². The molecular weight excluding hydrogens is 180 g/mol. The van der Waals surface area contributed by atoms with Gasteiger partial charge in [-0.15, -0.1) is 6.58 Å². The molecule has 82 valence electrons. The van der Waals surface area contributed by atoms with E-state index in [2.05, 4.69) is 6.58 Å². The van der Waals surface area contributed by atoms with Crippen LogP contribution in [0.3, 0.4) is 0 Å². The molecule has 0 atom stereocenters. The number of carbonyl (C=O) groups is 1. The van der Waals surface area contributed by atoms with Crippen molar-refractivity contribution < 1.29 is 14.3 Å². The zero-order chi connectivity index (χ0) is 10.8. The Morgan fingerprint density at radius 3 is 1.93 bits per heavy atom. The molecule has 0 unspecified atom stereocenters. The van der Waals surface area contributed by atoms with Gasteiger partial charge >= 0.3 is 0 Å². The smallest absolute Gasteiger partial charge is 0.132 e. The van der Waals surface area contributed by atoms with Crippen LogP contribution in [0.25, 0.3) is 0 Å². The lowest BCUT2D eigenvalue weighted by Gasteiger charge is -2.04. The van der Waals surface area contributed by atoms with Gasteiger partial charge in [-0.1, -0.05) is 5.57 Å². The lowest BCUT2D eigenvalue weighted by molar-refractivity contribution is -0.118. The normalized spacial score (nSPS) is 10.1. The van der Waals surface area contributed by atoms with E-state index in [4.69, 9.17) is 9.47 Å². The van der Waals surface area contributed by atoms with Gasteiger partial charge in [0.2, 0.25) is 0 Å². The zero-order valence-electron chi connectivity index (χ0n) is 9.17. The molecule has 0 N–H and O–H groups in total. The molecular formula is C11H20O3. The summed E-state index contributed by atoms with van der Waals surface area (Å²) in [5.41, 5.74) is 1.13. The predicted molar refractivity (Wildman–Crippen MR) is 56.4 cm³/mol. The van der Waals surface area contributed by atoms with E-state index < -0.39 is 0 Å². The second kappa shape index (κ2) is 8.91. The molecule has 0 saturated heterocycles.